The number of nitrogens with zero attached hydrogens (tertiary/aromatic N) is 3. The number of nitrogens with one attached hydrogen (secondary N) is 1. The van der Waals surface area contributed by atoms with Crippen LogP contribution in [0.3, 0.4) is 0 Å². The van der Waals surface area contributed by atoms with Crippen molar-refractivity contribution >= 4 is 0 Å². The fraction of sp³-hybridized carbons (Fsp3) is 0.692. The quantitative estimate of drug-likeness (QED) is 0.823. The average molecular weight is 232 g/mol. The van der Waals surface area contributed by atoms with Crippen LogP contribution in [0.25, 0.3) is 0 Å². The maximum Gasteiger partial charge on any atom is 0.115 e. The highest BCUT2D eigenvalue weighted by atomic mass is 15.3. The lowest BCUT2D eigenvalue weighted by atomic mass is 9.85. The first-order valence-electron chi connectivity index (χ1n) is 6.38. The lowest BCUT2D eigenvalue weighted by molar-refractivity contribution is 0.130. The molecule has 0 amide bonds. The summed E-state index contributed by atoms with van der Waals surface area (Å²) < 4.78 is 0. The largest absolute Gasteiger partial charge is 0.316 e. The van der Waals surface area contributed by atoms with E-state index in [0.717, 1.165) is 30.6 Å². The van der Waals surface area contributed by atoms with Crippen LogP contribution in [0.1, 0.15) is 19.5 Å². The molecule has 4 heteroatoms. The molecule has 1 aromatic rings. The normalized spacial score (nSPS) is 31.6. The van der Waals surface area contributed by atoms with Gasteiger partial charge in [0.25, 0.3) is 0 Å². The van der Waals surface area contributed by atoms with Crippen LogP contribution in [0.15, 0.2) is 18.6 Å². The first-order valence-corrected chi connectivity index (χ1v) is 6.38. The summed E-state index contributed by atoms with van der Waals surface area (Å²) in [7, 11) is 0. The first-order chi connectivity index (χ1) is 8.18. The lowest BCUT2D eigenvalue weighted by Gasteiger charge is -2.35. The van der Waals surface area contributed by atoms with Gasteiger partial charge in [0, 0.05) is 31.4 Å². The highest BCUT2D eigenvalue weighted by Crippen LogP contribution is 2.40. The number of fused-ring (bicyclic) bond motifs is 1. The molecular weight excluding hydrogens is 212 g/mol. The first kappa shape index (κ1) is 11.1. The van der Waals surface area contributed by atoms with E-state index in [-0.39, 0.29) is 5.54 Å². The van der Waals surface area contributed by atoms with E-state index in [9.17, 15) is 0 Å². The van der Waals surface area contributed by atoms with Gasteiger partial charge in [-0.1, -0.05) is 0 Å². The molecule has 17 heavy (non-hydrogen) atoms. The van der Waals surface area contributed by atoms with Gasteiger partial charge in [-0.25, -0.2) is 9.97 Å². The Hall–Kier alpha value is -1.00. The number of hydrogen-bond acceptors (Lipinski definition) is 4. The summed E-state index contributed by atoms with van der Waals surface area (Å²) in [5, 5.41) is 3.51. The average Bonchev–Trinajstić information content (AvgIpc) is 2.85. The molecule has 1 N–H and O–H groups in total. The van der Waals surface area contributed by atoms with Gasteiger partial charge < -0.3 is 5.32 Å². The van der Waals surface area contributed by atoms with Crippen molar-refractivity contribution in [1.29, 1.82) is 0 Å². The van der Waals surface area contributed by atoms with E-state index in [1.54, 1.807) is 6.33 Å². The van der Waals surface area contributed by atoms with Crippen molar-refractivity contribution in [1.82, 2.24) is 20.2 Å². The molecule has 92 valence electrons. The Bertz CT molecular complexity index is 390. The topological polar surface area (TPSA) is 41.0 Å². The second-order valence-electron chi connectivity index (χ2n) is 5.76. The minimum atomic E-state index is 0.277. The van der Waals surface area contributed by atoms with Crippen LogP contribution in [0.5, 0.6) is 0 Å². The summed E-state index contributed by atoms with van der Waals surface area (Å²) in [5.74, 6) is 1.59. The van der Waals surface area contributed by atoms with Gasteiger partial charge in [0.2, 0.25) is 0 Å². The lowest BCUT2D eigenvalue weighted by Crippen LogP contribution is -2.44. The van der Waals surface area contributed by atoms with E-state index in [2.05, 4.69) is 34.0 Å². The minimum absolute atomic E-state index is 0.277. The van der Waals surface area contributed by atoms with Crippen molar-refractivity contribution in [3.05, 3.63) is 24.3 Å². The molecule has 4 nitrogen and oxygen atoms in total. The number of likely N-dealkylation sites (tertiary alicyclic amines) is 1. The molecule has 2 fully saturated rings. The van der Waals surface area contributed by atoms with Crippen LogP contribution in [-0.2, 0) is 6.54 Å². The predicted octanol–water partition coefficient (Wildman–Crippen LogP) is 0.906. The third-order valence-corrected chi connectivity index (χ3v) is 4.51. The zero-order valence-electron chi connectivity index (χ0n) is 10.6. The molecule has 2 unspecified atom stereocenters. The SMILES string of the molecule is CC1(C)C2CNCC2CN1Cc1ccncn1. The molecule has 2 aliphatic rings. The number of aromatic nitrogens is 2. The molecule has 0 aliphatic carbocycles. The summed E-state index contributed by atoms with van der Waals surface area (Å²) in [6.45, 7) is 9.21. The Kier molecular flexibility index (Phi) is 2.64. The minimum Gasteiger partial charge on any atom is -0.316 e. The van der Waals surface area contributed by atoms with E-state index in [1.807, 2.05) is 12.3 Å². The molecule has 2 atom stereocenters. The summed E-state index contributed by atoms with van der Waals surface area (Å²) in [6, 6.07) is 2.02. The van der Waals surface area contributed by atoms with Crippen molar-refractivity contribution < 1.29 is 0 Å². The van der Waals surface area contributed by atoms with Crippen molar-refractivity contribution in [3.8, 4) is 0 Å². The van der Waals surface area contributed by atoms with Crippen LogP contribution in [-0.4, -0.2) is 40.0 Å². The maximum atomic E-state index is 4.33. The van der Waals surface area contributed by atoms with Gasteiger partial charge in [-0.05, 0) is 38.3 Å². The Morgan fingerprint density at radius 2 is 2.35 bits per heavy atom. The summed E-state index contributed by atoms with van der Waals surface area (Å²) in [5.41, 5.74) is 1.40. The highest BCUT2D eigenvalue weighted by molar-refractivity contribution is 5.07. The second-order valence-corrected chi connectivity index (χ2v) is 5.76. The van der Waals surface area contributed by atoms with E-state index >= 15 is 0 Å². The van der Waals surface area contributed by atoms with Crippen molar-refractivity contribution in [2.75, 3.05) is 19.6 Å². The van der Waals surface area contributed by atoms with Crippen LogP contribution >= 0.6 is 0 Å². The van der Waals surface area contributed by atoms with Crippen LogP contribution in [0.2, 0.25) is 0 Å². The molecule has 3 rings (SSSR count). The molecule has 0 spiro atoms. The molecule has 1 aromatic heterocycles. The van der Waals surface area contributed by atoms with E-state index < -0.39 is 0 Å². The predicted molar refractivity (Wildman–Crippen MR) is 66.4 cm³/mol. The maximum absolute atomic E-state index is 4.33. The fourth-order valence-corrected chi connectivity index (χ4v) is 3.38. The monoisotopic (exact) mass is 232 g/mol. The summed E-state index contributed by atoms with van der Waals surface area (Å²) in [4.78, 5) is 10.9. The standard InChI is InChI=1S/C13H20N4/c1-13(2)12-6-15-5-10(12)7-17(13)8-11-3-4-14-9-16-11/h3-4,9-10,12,15H,5-8H2,1-2H3. The molecule has 0 aromatic carbocycles. The van der Waals surface area contributed by atoms with Crippen LogP contribution < -0.4 is 5.32 Å². The van der Waals surface area contributed by atoms with Crippen LogP contribution in [0, 0.1) is 11.8 Å². The Morgan fingerprint density at radius 1 is 1.47 bits per heavy atom. The summed E-state index contributed by atoms with van der Waals surface area (Å²) >= 11 is 0. The van der Waals surface area contributed by atoms with Gasteiger partial charge in [0.1, 0.15) is 6.33 Å². The third-order valence-electron chi connectivity index (χ3n) is 4.51. The Morgan fingerprint density at radius 3 is 3.06 bits per heavy atom. The van der Waals surface area contributed by atoms with E-state index in [4.69, 9.17) is 0 Å². The zero-order valence-corrected chi connectivity index (χ0v) is 10.6. The van der Waals surface area contributed by atoms with Crippen LogP contribution in [0.4, 0.5) is 0 Å². The molecule has 2 aliphatic heterocycles. The summed E-state index contributed by atoms with van der Waals surface area (Å²) in [6.07, 6.45) is 3.47. The third kappa shape index (κ3) is 1.85. The Labute approximate surface area is 102 Å². The second kappa shape index (κ2) is 4.03. The fourth-order valence-electron chi connectivity index (χ4n) is 3.38. The number of hydrogen-bond donors (Lipinski definition) is 1. The van der Waals surface area contributed by atoms with Gasteiger partial charge in [-0.15, -0.1) is 0 Å². The molecule has 0 radical (unpaired) electrons. The smallest absolute Gasteiger partial charge is 0.115 e. The molecule has 2 saturated heterocycles. The molecule has 3 heterocycles. The Balaban J connectivity index is 1.77. The number of rotatable bonds is 2. The highest BCUT2D eigenvalue weighted by Gasteiger charge is 2.49. The molecule has 0 bridgehead atoms. The van der Waals surface area contributed by atoms with Crippen molar-refractivity contribution in [2.45, 2.75) is 25.9 Å². The van der Waals surface area contributed by atoms with Crippen molar-refractivity contribution in [2.24, 2.45) is 11.8 Å². The van der Waals surface area contributed by atoms with E-state index in [0.29, 0.717) is 0 Å². The van der Waals surface area contributed by atoms with Crippen molar-refractivity contribution in [3.63, 3.8) is 0 Å². The van der Waals surface area contributed by atoms with Gasteiger partial charge in [0.05, 0.1) is 5.69 Å². The van der Waals surface area contributed by atoms with Gasteiger partial charge >= 0.3 is 0 Å². The molecular formula is C13H20N4. The zero-order chi connectivity index (χ0) is 11.9. The molecule has 0 saturated carbocycles. The van der Waals surface area contributed by atoms with E-state index in [1.165, 1.54) is 13.1 Å². The van der Waals surface area contributed by atoms with Gasteiger partial charge in [-0.2, -0.15) is 0 Å². The van der Waals surface area contributed by atoms with Gasteiger partial charge in [0.15, 0.2) is 0 Å². The van der Waals surface area contributed by atoms with Gasteiger partial charge in [-0.3, -0.25) is 4.90 Å².